The van der Waals surface area contributed by atoms with Crippen LogP contribution in [0.5, 0.6) is 0 Å². The van der Waals surface area contributed by atoms with E-state index < -0.39 is 0 Å². The fourth-order valence-corrected chi connectivity index (χ4v) is 1.22. The molecule has 0 unspecified atom stereocenters. The minimum Gasteiger partial charge on any atom is -0.465 e. The highest BCUT2D eigenvalue weighted by Gasteiger charge is 1.86. The number of furan rings is 2. The molecule has 2 aromatic heterocycles. The Morgan fingerprint density at radius 2 is 1.40 bits per heavy atom. The van der Waals surface area contributed by atoms with E-state index >= 15 is 0 Å². The zero-order valence-electron chi connectivity index (χ0n) is 8.30. The van der Waals surface area contributed by atoms with Gasteiger partial charge in [-0.25, -0.2) is 0 Å². The van der Waals surface area contributed by atoms with E-state index in [4.69, 9.17) is 8.83 Å². The Morgan fingerprint density at radius 3 is 1.80 bits per heavy atom. The first kappa shape index (κ1) is 9.59. The Balaban J connectivity index is 1.80. The summed E-state index contributed by atoms with van der Waals surface area (Å²) in [5, 5.41) is 0. The lowest BCUT2D eigenvalue weighted by atomic mass is 10.3. The summed E-state index contributed by atoms with van der Waals surface area (Å²) in [4.78, 5) is 0. The predicted octanol–water partition coefficient (Wildman–Crippen LogP) is 3.99. The first-order valence-electron chi connectivity index (χ1n) is 4.85. The normalized spacial score (nSPS) is 11.7. The Morgan fingerprint density at radius 1 is 0.867 bits per heavy atom. The van der Waals surface area contributed by atoms with E-state index in [9.17, 15) is 0 Å². The van der Waals surface area contributed by atoms with Gasteiger partial charge in [0.2, 0.25) is 0 Å². The van der Waals surface area contributed by atoms with Crippen LogP contribution in [0.3, 0.4) is 0 Å². The number of rotatable bonds is 4. The molecule has 76 valence electrons. The summed E-state index contributed by atoms with van der Waals surface area (Å²) in [6.45, 7) is 0. The molecule has 0 radical (unpaired) electrons. The van der Waals surface area contributed by atoms with Gasteiger partial charge in [-0.1, -0.05) is 12.2 Å². The lowest BCUT2D eigenvalue weighted by Gasteiger charge is -1.84. The van der Waals surface area contributed by atoms with Gasteiger partial charge in [-0.05, 0) is 42.8 Å². The Hall–Kier alpha value is -1.96. The van der Waals surface area contributed by atoms with Gasteiger partial charge in [0.15, 0.2) is 0 Å². The highest BCUT2D eigenvalue weighted by molar-refractivity contribution is 5.45. The highest BCUT2D eigenvalue weighted by atomic mass is 16.3. The largest absolute Gasteiger partial charge is 0.465 e. The lowest BCUT2D eigenvalue weighted by molar-refractivity contribution is 0.557. The van der Waals surface area contributed by atoms with Crippen LogP contribution < -0.4 is 0 Å². The molecule has 15 heavy (non-hydrogen) atoms. The summed E-state index contributed by atoms with van der Waals surface area (Å²) in [6.07, 6.45) is 12.2. The first-order valence-corrected chi connectivity index (χ1v) is 4.85. The first-order chi connectivity index (χ1) is 7.45. The molecule has 0 N–H and O–H groups in total. The van der Waals surface area contributed by atoms with Crippen LogP contribution >= 0.6 is 0 Å². The Kier molecular flexibility index (Phi) is 3.23. The van der Waals surface area contributed by atoms with Crippen molar-refractivity contribution in [2.45, 2.75) is 6.42 Å². The molecule has 0 fully saturated rings. The van der Waals surface area contributed by atoms with Crippen molar-refractivity contribution in [1.82, 2.24) is 0 Å². The molecule has 2 heterocycles. The third kappa shape index (κ3) is 3.02. The van der Waals surface area contributed by atoms with E-state index in [1.54, 1.807) is 12.5 Å². The second-order valence-electron chi connectivity index (χ2n) is 3.07. The van der Waals surface area contributed by atoms with Crippen molar-refractivity contribution < 1.29 is 8.83 Å². The zero-order valence-corrected chi connectivity index (χ0v) is 8.30. The van der Waals surface area contributed by atoms with Crippen LogP contribution in [0, 0.1) is 0 Å². The summed E-state index contributed by atoms with van der Waals surface area (Å²) in [7, 11) is 0. The molecule has 0 aliphatic carbocycles. The second kappa shape index (κ2) is 5.05. The molecule has 0 spiro atoms. The van der Waals surface area contributed by atoms with Gasteiger partial charge >= 0.3 is 0 Å². The smallest absolute Gasteiger partial charge is 0.126 e. The average molecular weight is 200 g/mol. The van der Waals surface area contributed by atoms with E-state index in [1.807, 2.05) is 48.6 Å². The highest BCUT2D eigenvalue weighted by Crippen LogP contribution is 2.05. The zero-order chi connectivity index (χ0) is 10.3. The van der Waals surface area contributed by atoms with Crippen molar-refractivity contribution in [3.63, 3.8) is 0 Å². The third-order valence-corrected chi connectivity index (χ3v) is 1.92. The molecule has 2 nitrogen and oxygen atoms in total. The minimum atomic E-state index is 0.863. The average Bonchev–Trinajstić information content (AvgIpc) is 2.88. The molecular weight excluding hydrogens is 188 g/mol. The fraction of sp³-hybridized carbons (Fsp3) is 0.0769. The molecule has 0 aliphatic heterocycles. The van der Waals surface area contributed by atoms with Crippen LogP contribution in [0.25, 0.3) is 12.2 Å². The molecule has 0 saturated carbocycles. The predicted molar refractivity (Wildman–Crippen MR) is 60.1 cm³/mol. The van der Waals surface area contributed by atoms with Crippen molar-refractivity contribution >= 4 is 12.2 Å². The molecule has 2 heteroatoms. The van der Waals surface area contributed by atoms with Crippen molar-refractivity contribution in [3.05, 3.63) is 60.5 Å². The van der Waals surface area contributed by atoms with Crippen LogP contribution in [0.15, 0.2) is 57.8 Å². The van der Waals surface area contributed by atoms with Gasteiger partial charge in [0.05, 0.1) is 12.5 Å². The van der Waals surface area contributed by atoms with Crippen molar-refractivity contribution in [1.29, 1.82) is 0 Å². The van der Waals surface area contributed by atoms with E-state index in [1.165, 1.54) is 0 Å². The summed E-state index contributed by atoms with van der Waals surface area (Å²) >= 11 is 0. The molecule has 2 rings (SSSR count). The molecule has 0 aliphatic rings. The summed E-state index contributed by atoms with van der Waals surface area (Å²) in [5.41, 5.74) is 0. The molecule has 2 aromatic rings. The quantitative estimate of drug-likeness (QED) is 0.745. The molecular formula is C13H12O2. The van der Waals surface area contributed by atoms with Gasteiger partial charge in [0.25, 0.3) is 0 Å². The van der Waals surface area contributed by atoms with Crippen LogP contribution in [0.1, 0.15) is 17.9 Å². The maximum absolute atomic E-state index is 5.16. The molecule has 0 bridgehead atoms. The lowest BCUT2D eigenvalue weighted by Crippen LogP contribution is -1.63. The van der Waals surface area contributed by atoms with Gasteiger partial charge in [-0.2, -0.15) is 0 Å². The monoisotopic (exact) mass is 200 g/mol. The van der Waals surface area contributed by atoms with Crippen molar-refractivity contribution in [2.75, 3.05) is 0 Å². The topological polar surface area (TPSA) is 26.3 Å². The maximum Gasteiger partial charge on any atom is 0.126 e. The van der Waals surface area contributed by atoms with Crippen molar-refractivity contribution in [3.8, 4) is 0 Å². The summed E-state index contributed by atoms with van der Waals surface area (Å²) < 4.78 is 10.3. The van der Waals surface area contributed by atoms with Gasteiger partial charge in [-0.3, -0.25) is 0 Å². The van der Waals surface area contributed by atoms with Crippen LogP contribution in [-0.4, -0.2) is 0 Å². The second-order valence-corrected chi connectivity index (χ2v) is 3.07. The molecule has 0 atom stereocenters. The minimum absolute atomic E-state index is 0.863. The van der Waals surface area contributed by atoms with Crippen LogP contribution in [0.4, 0.5) is 0 Å². The van der Waals surface area contributed by atoms with Gasteiger partial charge < -0.3 is 8.83 Å². The SMILES string of the molecule is C(=Cc1ccco1)CC=Cc1ccco1. The Bertz CT molecular complexity index is 377. The standard InChI is InChI=1S/C13H12O2/c1(2-6-12-8-4-10-14-12)3-7-13-9-5-11-15-13/h2-11H,1H2. The number of hydrogen-bond donors (Lipinski definition) is 0. The van der Waals surface area contributed by atoms with E-state index in [0.717, 1.165) is 17.9 Å². The van der Waals surface area contributed by atoms with Crippen LogP contribution in [0.2, 0.25) is 0 Å². The Labute approximate surface area is 88.5 Å². The van der Waals surface area contributed by atoms with Gasteiger partial charge in [0.1, 0.15) is 11.5 Å². The molecule has 0 saturated heterocycles. The van der Waals surface area contributed by atoms with Crippen molar-refractivity contribution in [2.24, 2.45) is 0 Å². The third-order valence-electron chi connectivity index (χ3n) is 1.92. The number of hydrogen-bond acceptors (Lipinski definition) is 2. The van der Waals surface area contributed by atoms with Gasteiger partial charge in [0, 0.05) is 0 Å². The van der Waals surface area contributed by atoms with Crippen LogP contribution in [-0.2, 0) is 0 Å². The van der Waals surface area contributed by atoms with E-state index in [0.29, 0.717) is 0 Å². The number of allylic oxidation sites excluding steroid dienone is 2. The molecule has 0 amide bonds. The van der Waals surface area contributed by atoms with Gasteiger partial charge in [-0.15, -0.1) is 0 Å². The maximum atomic E-state index is 5.16. The fourth-order valence-electron chi connectivity index (χ4n) is 1.22. The summed E-state index contributed by atoms with van der Waals surface area (Å²) in [6, 6.07) is 7.59. The van der Waals surface area contributed by atoms with E-state index in [2.05, 4.69) is 0 Å². The summed E-state index contributed by atoms with van der Waals surface area (Å²) in [5.74, 6) is 1.75. The van der Waals surface area contributed by atoms with E-state index in [-0.39, 0.29) is 0 Å². The molecule has 0 aromatic carbocycles.